The Morgan fingerprint density at radius 3 is 2.87 bits per heavy atom. The lowest BCUT2D eigenvalue weighted by Crippen LogP contribution is -2.43. The van der Waals surface area contributed by atoms with Gasteiger partial charge in [-0.3, -0.25) is 4.90 Å². The molecule has 0 atom stereocenters. The van der Waals surface area contributed by atoms with Gasteiger partial charge in [0.15, 0.2) is 6.54 Å². The first-order valence-electron chi connectivity index (χ1n) is 11.1. The maximum Gasteiger partial charge on any atom is 0.243 e. The van der Waals surface area contributed by atoms with Gasteiger partial charge in [0.25, 0.3) is 0 Å². The van der Waals surface area contributed by atoms with E-state index < -0.39 is 0 Å². The summed E-state index contributed by atoms with van der Waals surface area (Å²) in [5.74, 6) is 0.995. The summed E-state index contributed by atoms with van der Waals surface area (Å²) in [5.41, 5.74) is 4.74. The van der Waals surface area contributed by atoms with E-state index in [1.165, 1.54) is 69.9 Å². The van der Waals surface area contributed by atoms with Crippen molar-refractivity contribution in [3.8, 4) is 17.0 Å². The zero-order valence-corrected chi connectivity index (χ0v) is 18.5. The number of ether oxygens (including phenoxy) is 1. The van der Waals surface area contributed by atoms with Crippen molar-refractivity contribution in [3.63, 3.8) is 0 Å². The van der Waals surface area contributed by atoms with E-state index in [0.717, 1.165) is 18.8 Å². The van der Waals surface area contributed by atoms with Crippen LogP contribution in [0.5, 0.6) is 5.75 Å². The summed E-state index contributed by atoms with van der Waals surface area (Å²) in [4.78, 5) is 5.23. The van der Waals surface area contributed by atoms with Gasteiger partial charge in [0, 0.05) is 20.9 Å². The van der Waals surface area contributed by atoms with E-state index in [4.69, 9.17) is 4.74 Å². The third-order valence-electron chi connectivity index (χ3n) is 6.53. The minimum absolute atomic E-state index is 0.275. The van der Waals surface area contributed by atoms with E-state index in [1.807, 2.05) is 11.8 Å². The minimum Gasteiger partial charge on any atom is -0.483 e. The standard InChI is InChI=1S/C25H27N3OS/c1-25(2)11-10-17-20(29-25)16-19-22-23(18-8-4-5-9-21(18)30-24(17)22)26-28(19)15-14-27-12-6-3-7-13-27/h4-5,8-11,16H,3,6-7,12-15H2,1-2H3/p+1. The van der Waals surface area contributed by atoms with E-state index in [1.54, 1.807) is 0 Å². The predicted octanol–water partition coefficient (Wildman–Crippen LogP) is 5.26. The molecule has 0 bridgehead atoms. The van der Waals surface area contributed by atoms with E-state index in [2.05, 4.69) is 71.0 Å². The fraction of sp³-hybridized carbons (Fsp3) is 0.400. The van der Waals surface area contributed by atoms with Gasteiger partial charge >= 0.3 is 0 Å². The molecule has 1 saturated heterocycles. The van der Waals surface area contributed by atoms with Crippen molar-refractivity contribution in [3.05, 3.63) is 42.0 Å². The van der Waals surface area contributed by atoms with Crippen molar-refractivity contribution in [2.45, 2.75) is 55.0 Å². The van der Waals surface area contributed by atoms with Gasteiger partial charge < -0.3 is 4.74 Å². The lowest BCUT2D eigenvalue weighted by molar-refractivity contribution is -0.725. The number of aromatic amines is 1. The van der Waals surface area contributed by atoms with Gasteiger partial charge in [-0.05, 0) is 51.9 Å². The van der Waals surface area contributed by atoms with Crippen LogP contribution in [0.4, 0.5) is 0 Å². The van der Waals surface area contributed by atoms with Gasteiger partial charge in [0.05, 0.1) is 18.0 Å². The lowest BCUT2D eigenvalue weighted by Gasteiger charge is -2.29. The highest BCUT2D eigenvalue weighted by Gasteiger charge is 2.34. The molecule has 0 amide bonds. The van der Waals surface area contributed by atoms with Crippen molar-refractivity contribution in [1.82, 2.24) is 10.00 Å². The number of benzene rings is 2. The van der Waals surface area contributed by atoms with Crippen LogP contribution in [0.1, 0.15) is 38.7 Å². The van der Waals surface area contributed by atoms with Crippen molar-refractivity contribution < 1.29 is 9.42 Å². The van der Waals surface area contributed by atoms with Crippen molar-refractivity contribution in [1.29, 1.82) is 0 Å². The molecular formula is C25H28N3OS+. The van der Waals surface area contributed by atoms with Gasteiger partial charge in [-0.2, -0.15) is 5.10 Å². The number of hydrogen-bond acceptors (Lipinski definition) is 3. The number of H-pyrrole nitrogens is 1. The normalized spacial score (nSPS) is 19.4. The Hall–Kier alpha value is -2.24. The molecule has 0 radical (unpaired) electrons. The summed E-state index contributed by atoms with van der Waals surface area (Å²) in [6, 6.07) is 11.0. The number of likely N-dealkylation sites (tertiary alicyclic amines) is 1. The number of hydrogen-bond donors (Lipinski definition) is 1. The predicted molar refractivity (Wildman–Crippen MR) is 122 cm³/mol. The number of nitrogens with zero attached hydrogens (tertiary/aromatic N) is 2. The van der Waals surface area contributed by atoms with Crippen LogP contribution in [0.25, 0.3) is 28.2 Å². The zero-order chi connectivity index (χ0) is 20.3. The van der Waals surface area contributed by atoms with Gasteiger partial charge in [0.2, 0.25) is 5.52 Å². The second-order valence-corrected chi connectivity index (χ2v) is 10.2. The van der Waals surface area contributed by atoms with Crippen LogP contribution in [0.15, 0.2) is 46.2 Å². The molecule has 5 heteroatoms. The van der Waals surface area contributed by atoms with Crippen LogP contribution in [0.2, 0.25) is 0 Å². The molecule has 4 heterocycles. The SMILES string of the molecule is CC1(C)C=Cc2c(cc3c4c([nH][n+]3CCN3CCCCC3)-c3ccccc3Sc24)O1. The van der Waals surface area contributed by atoms with E-state index in [0.29, 0.717) is 0 Å². The molecule has 0 unspecified atom stereocenters. The minimum atomic E-state index is -0.275. The fourth-order valence-corrected chi connectivity index (χ4v) is 6.19. The monoisotopic (exact) mass is 418 g/mol. The van der Waals surface area contributed by atoms with Crippen LogP contribution in [0, 0.1) is 0 Å². The quantitative estimate of drug-likeness (QED) is 0.461. The first kappa shape index (κ1) is 18.5. The number of rotatable bonds is 3. The molecule has 2 aromatic carbocycles. The summed E-state index contributed by atoms with van der Waals surface area (Å²) in [6.07, 6.45) is 8.47. The highest BCUT2D eigenvalue weighted by atomic mass is 32.2. The Balaban J connectivity index is 1.50. The van der Waals surface area contributed by atoms with Crippen molar-refractivity contribution in [2.24, 2.45) is 0 Å². The van der Waals surface area contributed by atoms with Gasteiger partial charge in [-0.15, -0.1) is 4.68 Å². The lowest BCUT2D eigenvalue weighted by atomic mass is 9.99. The fourth-order valence-electron chi connectivity index (χ4n) is 4.96. The number of piperidine rings is 1. The van der Waals surface area contributed by atoms with Crippen LogP contribution >= 0.6 is 11.8 Å². The molecule has 3 aliphatic heterocycles. The van der Waals surface area contributed by atoms with Gasteiger partial charge in [0.1, 0.15) is 17.0 Å². The highest BCUT2D eigenvalue weighted by Crippen LogP contribution is 2.51. The summed E-state index contributed by atoms with van der Waals surface area (Å²) < 4.78 is 8.75. The Morgan fingerprint density at radius 1 is 1.17 bits per heavy atom. The summed E-state index contributed by atoms with van der Waals surface area (Å²) in [7, 11) is 0. The largest absolute Gasteiger partial charge is 0.483 e. The van der Waals surface area contributed by atoms with Crippen molar-refractivity contribution in [2.75, 3.05) is 19.6 Å². The summed E-state index contributed by atoms with van der Waals surface area (Å²) in [6.45, 7) is 8.77. The van der Waals surface area contributed by atoms with E-state index in [9.17, 15) is 0 Å². The van der Waals surface area contributed by atoms with Crippen molar-refractivity contribution >= 4 is 28.7 Å². The summed E-state index contributed by atoms with van der Waals surface area (Å²) in [5, 5.41) is 5.11. The summed E-state index contributed by atoms with van der Waals surface area (Å²) >= 11 is 1.87. The average molecular weight is 419 g/mol. The van der Waals surface area contributed by atoms with Crippen LogP contribution in [0.3, 0.4) is 0 Å². The highest BCUT2D eigenvalue weighted by molar-refractivity contribution is 8.00. The van der Waals surface area contributed by atoms with Gasteiger partial charge in [-0.1, -0.05) is 42.5 Å². The molecule has 1 N–H and O–H groups in total. The Labute approximate surface area is 181 Å². The average Bonchev–Trinajstić information content (AvgIpc) is 3.11. The smallest absolute Gasteiger partial charge is 0.243 e. The molecular weight excluding hydrogens is 390 g/mol. The van der Waals surface area contributed by atoms with Crippen LogP contribution in [-0.4, -0.2) is 35.2 Å². The third-order valence-corrected chi connectivity index (χ3v) is 7.73. The number of nitrogens with one attached hydrogen (secondary N) is 1. The molecule has 1 fully saturated rings. The molecule has 3 aromatic rings. The van der Waals surface area contributed by atoms with E-state index >= 15 is 0 Å². The molecule has 3 aliphatic rings. The van der Waals surface area contributed by atoms with E-state index in [-0.39, 0.29) is 5.60 Å². The first-order valence-corrected chi connectivity index (χ1v) is 11.9. The molecule has 4 nitrogen and oxygen atoms in total. The molecule has 30 heavy (non-hydrogen) atoms. The third kappa shape index (κ3) is 2.98. The topological polar surface area (TPSA) is 32.1 Å². The molecule has 0 aliphatic carbocycles. The van der Waals surface area contributed by atoms with Gasteiger partial charge in [-0.25, -0.2) is 0 Å². The molecule has 0 spiro atoms. The first-order chi connectivity index (χ1) is 14.6. The second-order valence-electron chi connectivity index (χ2n) is 9.19. The Kier molecular flexibility index (Phi) is 4.26. The number of aromatic nitrogens is 2. The Morgan fingerprint density at radius 2 is 2.00 bits per heavy atom. The van der Waals surface area contributed by atoms with Crippen LogP contribution in [-0.2, 0) is 6.54 Å². The zero-order valence-electron chi connectivity index (χ0n) is 17.7. The van der Waals surface area contributed by atoms with Crippen LogP contribution < -0.4 is 9.42 Å². The second kappa shape index (κ2) is 6.89. The molecule has 154 valence electrons. The Bertz CT molecular complexity index is 1170. The number of fused-ring (bicyclic) bond motifs is 4. The maximum absolute atomic E-state index is 6.40. The maximum atomic E-state index is 6.40. The molecule has 1 aromatic heterocycles. The molecule has 6 rings (SSSR count). The molecule has 0 saturated carbocycles.